The molecule has 0 aliphatic rings. The third-order valence-corrected chi connectivity index (χ3v) is 3.89. The van der Waals surface area contributed by atoms with Gasteiger partial charge in [0.15, 0.2) is 0 Å². The van der Waals surface area contributed by atoms with E-state index in [0.29, 0.717) is 16.8 Å². The highest BCUT2D eigenvalue weighted by Crippen LogP contribution is 2.29. The molecule has 1 atom stereocenters. The standard InChI is InChI=1S/C12H13BrClN3O/c1-3-10(15-2)12-17-16-11(18-12)7-4-5-8(13)9(14)6-7/h4-6,10,15H,3H2,1-2H3. The molecule has 0 radical (unpaired) electrons. The normalized spacial score (nSPS) is 12.7. The van der Waals surface area contributed by atoms with E-state index in [0.717, 1.165) is 16.5 Å². The van der Waals surface area contributed by atoms with Crippen LogP contribution < -0.4 is 5.32 Å². The molecule has 2 aromatic rings. The Morgan fingerprint density at radius 1 is 1.44 bits per heavy atom. The van der Waals surface area contributed by atoms with Crippen LogP contribution in [0.25, 0.3) is 11.5 Å². The summed E-state index contributed by atoms with van der Waals surface area (Å²) in [5.41, 5.74) is 0.813. The van der Waals surface area contributed by atoms with Crippen LogP contribution >= 0.6 is 27.5 Å². The Labute approximate surface area is 119 Å². The molecule has 1 aromatic heterocycles. The fraction of sp³-hybridized carbons (Fsp3) is 0.333. The number of hydrogen-bond acceptors (Lipinski definition) is 4. The molecule has 1 N–H and O–H groups in total. The average Bonchev–Trinajstić information content (AvgIpc) is 2.84. The van der Waals surface area contributed by atoms with E-state index >= 15 is 0 Å². The van der Waals surface area contributed by atoms with Gasteiger partial charge in [0.1, 0.15) is 0 Å². The van der Waals surface area contributed by atoms with E-state index in [9.17, 15) is 0 Å². The van der Waals surface area contributed by atoms with Gasteiger partial charge < -0.3 is 9.73 Å². The molecule has 0 saturated heterocycles. The first-order valence-corrected chi connectivity index (χ1v) is 6.79. The van der Waals surface area contributed by atoms with Gasteiger partial charge in [0, 0.05) is 10.0 Å². The first kappa shape index (κ1) is 13.5. The van der Waals surface area contributed by atoms with Crippen molar-refractivity contribution >= 4 is 27.5 Å². The quantitative estimate of drug-likeness (QED) is 0.926. The molecule has 1 heterocycles. The molecule has 1 unspecified atom stereocenters. The van der Waals surface area contributed by atoms with E-state index in [1.165, 1.54) is 0 Å². The molecule has 0 fully saturated rings. The number of nitrogens with zero attached hydrogens (tertiary/aromatic N) is 2. The van der Waals surface area contributed by atoms with Crippen LogP contribution in [0.15, 0.2) is 27.1 Å². The third-order valence-electron chi connectivity index (χ3n) is 2.66. The lowest BCUT2D eigenvalue weighted by molar-refractivity contribution is 0.415. The van der Waals surface area contributed by atoms with Crippen molar-refractivity contribution < 1.29 is 4.42 Å². The smallest absolute Gasteiger partial charge is 0.247 e. The molecule has 1 aromatic carbocycles. The van der Waals surface area contributed by atoms with Crippen molar-refractivity contribution in [3.8, 4) is 11.5 Å². The topological polar surface area (TPSA) is 51.0 Å². The second kappa shape index (κ2) is 5.82. The Balaban J connectivity index is 2.31. The van der Waals surface area contributed by atoms with Gasteiger partial charge in [-0.05, 0) is 47.6 Å². The van der Waals surface area contributed by atoms with Crippen LogP contribution in [0.4, 0.5) is 0 Å². The zero-order valence-corrected chi connectivity index (χ0v) is 12.4. The Morgan fingerprint density at radius 3 is 2.83 bits per heavy atom. The Hall–Kier alpha value is -0.910. The van der Waals surface area contributed by atoms with Crippen LogP contribution in [0.2, 0.25) is 5.02 Å². The maximum absolute atomic E-state index is 6.04. The minimum absolute atomic E-state index is 0.0807. The zero-order chi connectivity index (χ0) is 13.1. The predicted octanol–water partition coefficient (Wildman–Crippen LogP) is 3.82. The lowest BCUT2D eigenvalue weighted by Crippen LogP contribution is -2.15. The van der Waals surface area contributed by atoms with E-state index in [4.69, 9.17) is 16.0 Å². The number of hydrogen-bond donors (Lipinski definition) is 1. The third kappa shape index (κ3) is 2.74. The van der Waals surface area contributed by atoms with Gasteiger partial charge in [-0.3, -0.25) is 0 Å². The number of benzene rings is 1. The molecule has 0 bridgehead atoms. The summed E-state index contributed by atoms with van der Waals surface area (Å²) in [4.78, 5) is 0. The van der Waals surface area contributed by atoms with Crippen molar-refractivity contribution in [3.05, 3.63) is 33.6 Å². The van der Waals surface area contributed by atoms with Gasteiger partial charge in [-0.2, -0.15) is 0 Å². The largest absolute Gasteiger partial charge is 0.419 e. The highest BCUT2D eigenvalue weighted by Gasteiger charge is 2.16. The van der Waals surface area contributed by atoms with Gasteiger partial charge in [0.25, 0.3) is 0 Å². The highest BCUT2D eigenvalue weighted by atomic mass is 79.9. The van der Waals surface area contributed by atoms with Crippen molar-refractivity contribution in [1.29, 1.82) is 0 Å². The molecular formula is C12H13BrClN3O. The van der Waals surface area contributed by atoms with Crippen LogP contribution in [0.1, 0.15) is 25.3 Å². The molecular weight excluding hydrogens is 318 g/mol. The first-order valence-electron chi connectivity index (χ1n) is 5.61. The van der Waals surface area contributed by atoms with Gasteiger partial charge in [-0.15, -0.1) is 10.2 Å². The van der Waals surface area contributed by atoms with E-state index < -0.39 is 0 Å². The van der Waals surface area contributed by atoms with Crippen LogP contribution in [0.5, 0.6) is 0 Å². The van der Waals surface area contributed by atoms with Crippen molar-refractivity contribution in [2.45, 2.75) is 19.4 Å². The molecule has 0 aliphatic heterocycles. The van der Waals surface area contributed by atoms with Crippen LogP contribution in [0, 0.1) is 0 Å². The van der Waals surface area contributed by atoms with Crippen LogP contribution in [-0.4, -0.2) is 17.2 Å². The lowest BCUT2D eigenvalue weighted by Gasteiger charge is -2.07. The van der Waals surface area contributed by atoms with E-state index in [1.54, 1.807) is 6.07 Å². The number of aromatic nitrogens is 2. The molecule has 96 valence electrons. The summed E-state index contributed by atoms with van der Waals surface area (Å²) in [7, 11) is 1.87. The Bertz CT molecular complexity index is 540. The number of nitrogens with one attached hydrogen (secondary N) is 1. The summed E-state index contributed by atoms with van der Waals surface area (Å²) in [5, 5.41) is 11.8. The van der Waals surface area contributed by atoms with E-state index in [1.807, 2.05) is 19.2 Å². The van der Waals surface area contributed by atoms with Crippen molar-refractivity contribution in [3.63, 3.8) is 0 Å². The summed E-state index contributed by atoms with van der Waals surface area (Å²) in [5.74, 6) is 1.07. The fourth-order valence-corrected chi connectivity index (χ4v) is 2.05. The Kier molecular flexibility index (Phi) is 4.37. The molecule has 2 rings (SSSR count). The zero-order valence-electron chi connectivity index (χ0n) is 10.1. The number of halogens is 2. The second-order valence-electron chi connectivity index (χ2n) is 3.82. The minimum atomic E-state index is 0.0807. The molecule has 0 aliphatic carbocycles. The summed E-state index contributed by atoms with van der Waals surface area (Å²) < 4.78 is 6.49. The molecule has 6 heteroatoms. The first-order chi connectivity index (χ1) is 8.65. The predicted molar refractivity (Wildman–Crippen MR) is 74.5 cm³/mol. The summed E-state index contributed by atoms with van der Waals surface area (Å²) in [6.45, 7) is 2.06. The van der Waals surface area contributed by atoms with E-state index in [-0.39, 0.29) is 6.04 Å². The van der Waals surface area contributed by atoms with Crippen LogP contribution in [-0.2, 0) is 0 Å². The van der Waals surface area contributed by atoms with Crippen LogP contribution in [0.3, 0.4) is 0 Å². The highest BCUT2D eigenvalue weighted by molar-refractivity contribution is 9.10. The van der Waals surface area contributed by atoms with Crippen molar-refractivity contribution in [2.24, 2.45) is 0 Å². The van der Waals surface area contributed by atoms with Gasteiger partial charge in [0.05, 0.1) is 11.1 Å². The van der Waals surface area contributed by atoms with E-state index in [2.05, 4.69) is 38.4 Å². The fourth-order valence-electron chi connectivity index (χ4n) is 1.62. The molecule has 0 amide bonds. The maximum Gasteiger partial charge on any atom is 0.247 e. The molecule has 0 spiro atoms. The summed E-state index contributed by atoms with van der Waals surface area (Å²) in [6, 6.07) is 5.62. The van der Waals surface area contributed by atoms with Gasteiger partial charge >= 0.3 is 0 Å². The maximum atomic E-state index is 6.04. The van der Waals surface area contributed by atoms with Gasteiger partial charge in [0.2, 0.25) is 11.8 Å². The SMILES string of the molecule is CCC(NC)c1nnc(-c2ccc(Br)c(Cl)c2)o1. The molecule has 18 heavy (non-hydrogen) atoms. The average molecular weight is 331 g/mol. The lowest BCUT2D eigenvalue weighted by atomic mass is 10.2. The Morgan fingerprint density at radius 2 is 2.22 bits per heavy atom. The molecule has 0 saturated carbocycles. The number of rotatable bonds is 4. The monoisotopic (exact) mass is 329 g/mol. The van der Waals surface area contributed by atoms with Crippen molar-refractivity contribution in [1.82, 2.24) is 15.5 Å². The molecule has 4 nitrogen and oxygen atoms in total. The summed E-state index contributed by atoms with van der Waals surface area (Å²) in [6.07, 6.45) is 0.888. The van der Waals surface area contributed by atoms with Crippen molar-refractivity contribution in [2.75, 3.05) is 7.05 Å². The second-order valence-corrected chi connectivity index (χ2v) is 5.09. The van der Waals surface area contributed by atoms with Gasteiger partial charge in [-0.1, -0.05) is 18.5 Å². The minimum Gasteiger partial charge on any atom is -0.419 e. The van der Waals surface area contributed by atoms with Gasteiger partial charge in [-0.25, -0.2) is 0 Å². The summed E-state index contributed by atoms with van der Waals surface area (Å²) >= 11 is 9.38.